The number of cyclic esters (lactones) is 1. The first-order valence-electron chi connectivity index (χ1n) is 12.4. The van der Waals surface area contributed by atoms with Gasteiger partial charge in [-0.05, 0) is 41.8 Å². The van der Waals surface area contributed by atoms with Gasteiger partial charge in [0.1, 0.15) is 24.4 Å². The standard InChI is InChI=1S/C27H34O12/c1-34-17-6-4-14(9-19(17)35-2)8-16-13-37-26(32)27(16,33)11-15-5-7-18(20(10-15)36-3)38-25-24(31)23(30)22(29)21(12-28)39-25/h4-7,9-10,16,21-25,28-31,33H,8,11-13H2,1-3H3/t16-,21-,22-,23+,24-,25-,27+/m1/s1. The summed E-state index contributed by atoms with van der Waals surface area (Å²) in [7, 11) is 4.45. The molecule has 0 bridgehead atoms. The molecular formula is C27H34O12. The lowest BCUT2D eigenvalue weighted by Crippen LogP contribution is -2.60. The predicted molar refractivity (Wildman–Crippen MR) is 134 cm³/mol. The third-order valence-corrected chi connectivity index (χ3v) is 7.17. The molecule has 4 rings (SSSR count). The zero-order valence-electron chi connectivity index (χ0n) is 21.9. The molecule has 2 saturated heterocycles. The van der Waals surface area contributed by atoms with E-state index in [1.54, 1.807) is 24.3 Å². The molecule has 0 radical (unpaired) electrons. The molecule has 2 aromatic rings. The molecule has 0 aliphatic carbocycles. The normalized spacial score (nSPS) is 30.5. The van der Waals surface area contributed by atoms with Crippen molar-refractivity contribution in [2.75, 3.05) is 34.5 Å². The summed E-state index contributed by atoms with van der Waals surface area (Å²) in [6, 6.07) is 10.1. The average molecular weight is 551 g/mol. The van der Waals surface area contributed by atoms with E-state index in [1.165, 1.54) is 27.4 Å². The Balaban J connectivity index is 1.52. The predicted octanol–water partition coefficient (Wildman–Crippen LogP) is -0.420. The molecule has 2 heterocycles. The number of carbonyl (C=O) groups is 1. The Hall–Kier alpha value is -3.13. The molecule has 0 unspecified atom stereocenters. The lowest BCUT2D eigenvalue weighted by molar-refractivity contribution is -0.277. The van der Waals surface area contributed by atoms with Gasteiger partial charge in [0.15, 0.2) is 28.6 Å². The van der Waals surface area contributed by atoms with Crippen molar-refractivity contribution in [1.82, 2.24) is 0 Å². The number of carbonyl (C=O) groups excluding carboxylic acids is 1. The van der Waals surface area contributed by atoms with Gasteiger partial charge in [0.2, 0.25) is 6.29 Å². The highest BCUT2D eigenvalue weighted by atomic mass is 16.7. The lowest BCUT2D eigenvalue weighted by atomic mass is 9.81. The highest BCUT2D eigenvalue weighted by molar-refractivity contribution is 5.82. The maximum atomic E-state index is 12.7. The summed E-state index contributed by atoms with van der Waals surface area (Å²) in [4.78, 5) is 12.7. The molecule has 0 saturated carbocycles. The van der Waals surface area contributed by atoms with E-state index in [0.29, 0.717) is 23.5 Å². The molecule has 214 valence electrons. The molecule has 2 aliphatic rings. The van der Waals surface area contributed by atoms with Crippen LogP contribution >= 0.6 is 0 Å². The molecule has 12 heteroatoms. The zero-order valence-corrected chi connectivity index (χ0v) is 21.9. The van der Waals surface area contributed by atoms with E-state index in [-0.39, 0.29) is 24.5 Å². The number of aliphatic hydroxyl groups excluding tert-OH is 4. The number of ether oxygens (including phenoxy) is 6. The van der Waals surface area contributed by atoms with Crippen molar-refractivity contribution in [3.8, 4) is 23.0 Å². The van der Waals surface area contributed by atoms with Crippen molar-refractivity contribution >= 4 is 5.97 Å². The number of aliphatic hydroxyl groups is 5. The smallest absolute Gasteiger partial charge is 0.338 e. The highest BCUT2D eigenvalue weighted by Crippen LogP contribution is 2.38. The Morgan fingerprint density at radius 1 is 0.872 bits per heavy atom. The third kappa shape index (κ3) is 5.76. The number of rotatable bonds is 10. The molecular weight excluding hydrogens is 516 g/mol. The first-order valence-corrected chi connectivity index (χ1v) is 12.4. The van der Waals surface area contributed by atoms with Crippen LogP contribution in [0, 0.1) is 5.92 Å². The molecule has 0 spiro atoms. The Morgan fingerprint density at radius 3 is 2.15 bits per heavy atom. The molecule has 7 atom stereocenters. The fraction of sp³-hybridized carbons (Fsp3) is 0.519. The SMILES string of the molecule is COc1ccc(C[C@@H]2COC(=O)[C@]2(O)Cc2ccc(O[C@@H]3O[C@H](CO)[C@@H](O)[C@H](O)[C@H]3O)c(OC)c2)cc1OC. The van der Waals surface area contributed by atoms with Gasteiger partial charge < -0.3 is 54.0 Å². The number of methoxy groups -OCH3 is 3. The Labute approximate surface area is 225 Å². The highest BCUT2D eigenvalue weighted by Gasteiger charge is 2.51. The van der Waals surface area contributed by atoms with Gasteiger partial charge >= 0.3 is 5.97 Å². The fourth-order valence-corrected chi connectivity index (χ4v) is 4.86. The van der Waals surface area contributed by atoms with E-state index in [0.717, 1.165) is 5.56 Å². The Morgan fingerprint density at radius 2 is 1.49 bits per heavy atom. The van der Waals surface area contributed by atoms with E-state index in [1.807, 2.05) is 6.07 Å². The minimum absolute atomic E-state index is 0.0408. The zero-order chi connectivity index (χ0) is 28.3. The van der Waals surface area contributed by atoms with E-state index in [4.69, 9.17) is 28.4 Å². The van der Waals surface area contributed by atoms with Crippen molar-refractivity contribution in [3.05, 3.63) is 47.5 Å². The largest absolute Gasteiger partial charge is 0.493 e. The van der Waals surface area contributed by atoms with Crippen molar-refractivity contribution in [1.29, 1.82) is 0 Å². The van der Waals surface area contributed by atoms with Gasteiger partial charge in [0, 0.05) is 12.3 Å². The van der Waals surface area contributed by atoms with E-state index in [9.17, 15) is 30.3 Å². The van der Waals surface area contributed by atoms with Crippen molar-refractivity contribution in [2.45, 2.75) is 49.1 Å². The molecule has 2 aliphatic heterocycles. The molecule has 39 heavy (non-hydrogen) atoms. The maximum absolute atomic E-state index is 12.7. The molecule has 2 fully saturated rings. The van der Waals surface area contributed by atoms with Crippen LogP contribution in [0.2, 0.25) is 0 Å². The number of esters is 1. The Kier molecular flexibility index (Phi) is 8.84. The van der Waals surface area contributed by atoms with Gasteiger partial charge in [-0.25, -0.2) is 4.79 Å². The number of hydrogen-bond donors (Lipinski definition) is 5. The molecule has 0 aromatic heterocycles. The van der Waals surface area contributed by atoms with Gasteiger partial charge in [-0.1, -0.05) is 12.1 Å². The molecule has 5 N–H and O–H groups in total. The first-order chi connectivity index (χ1) is 18.6. The van der Waals surface area contributed by atoms with Crippen LogP contribution < -0.4 is 18.9 Å². The first kappa shape index (κ1) is 28.9. The van der Waals surface area contributed by atoms with Crippen LogP contribution in [0.5, 0.6) is 23.0 Å². The van der Waals surface area contributed by atoms with Crippen molar-refractivity contribution in [2.24, 2.45) is 5.92 Å². The quantitative estimate of drug-likeness (QED) is 0.242. The van der Waals surface area contributed by atoms with Gasteiger partial charge in [-0.15, -0.1) is 0 Å². The van der Waals surface area contributed by atoms with E-state index < -0.39 is 54.8 Å². The second-order valence-electron chi connectivity index (χ2n) is 9.59. The van der Waals surface area contributed by atoms with Crippen molar-refractivity contribution < 1.29 is 58.7 Å². The Bertz CT molecular complexity index is 1150. The van der Waals surface area contributed by atoms with Crippen LogP contribution in [0.1, 0.15) is 11.1 Å². The lowest BCUT2D eigenvalue weighted by Gasteiger charge is -2.39. The monoisotopic (exact) mass is 550 g/mol. The van der Waals surface area contributed by atoms with Crippen LogP contribution in [0.25, 0.3) is 0 Å². The second-order valence-corrected chi connectivity index (χ2v) is 9.59. The van der Waals surface area contributed by atoms with Gasteiger partial charge in [0.05, 0.1) is 34.5 Å². The summed E-state index contributed by atoms with van der Waals surface area (Å²) in [6.45, 7) is -0.556. The number of benzene rings is 2. The summed E-state index contributed by atoms with van der Waals surface area (Å²) in [5.41, 5.74) is -0.431. The second kappa shape index (κ2) is 11.9. The summed E-state index contributed by atoms with van der Waals surface area (Å²) in [6.07, 6.45) is -6.98. The van der Waals surface area contributed by atoms with Gasteiger partial charge in [-0.2, -0.15) is 0 Å². The molecule has 2 aromatic carbocycles. The van der Waals surface area contributed by atoms with Gasteiger partial charge in [0.25, 0.3) is 0 Å². The summed E-state index contributed by atoms with van der Waals surface area (Å²) >= 11 is 0. The minimum Gasteiger partial charge on any atom is -0.493 e. The van der Waals surface area contributed by atoms with E-state index in [2.05, 4.69) is 0 Å². The fourth-order valence-electron chi connectivity index (χ4n) is 4.86. The number of hydrogen-bond acceptors (Lipinski definition) is 12. The van der Waals surface area contributed by atoms with Crippen LogP contribution in [0.4, 0.5) is 0 Å². The van der Waals surface area contributed by atoms with Crippen LogP contribution in [-0.4, -0.2) is 102 Å². The van der Waals surface area contributed by atoms with Crippen LogP contribution in [0.3, 0.4) is 0 Å². The summed E-state index contributed by atoms with van der Waals surface area (Å²) in [5, 5.41) is 51.2. The van der Waals surface area contributed by atoms with Crippen molar-refractivity contribution in [3.63, 3.8) is 0 Å². The maximum Gasteiger partial charge on any atom is 0.338 e. The van der Waals surface area contributed by atoms with Gasteiger partial charge in [-0.3, -0.25) is 0 Å². The van der Waals surface area contributed by atoms with E-state index >= 15 is 0 Å². The molecule has 12 nitrogen and oxygen atoms in total. The average Bonchev–Trinajstić information content (AvgIpc) is 3.21. The summed E-state index contributed by atoms with van der Waals surface area (Å²) in [5.74, 6) is 0.161. The van der Waals surface area contributed by atoms with Crippen LogP contribution in [-0.2, 0) is 27.1 Å². The minimum atomic E-state index is -1.81. The topological polar surface area (TPSA) is 174 Å². The summed E-state index contributed by atoms with van der Waals surface area (Å²) < 4.78 is 32.4. The molecule has 0 amide bonds. The third-order valence-electron chi connectivity index (χ3n) is 7.17. The van der Waals surface area contributed by atoms with Crippen LogP contribution in [0.15, 0.2) is 36.4 Å².